The molecule has 2 aliphatic rings. The van der Waals surface area contributed by atoms with Crippen LogP contribution in [0.3, 0.4) is 0 Å². The van der Waals surface area contributed by atoms with Crippen LogP contribution < -0.4 is 0 Å². The lowest BCUT2D eigenvalue weighted by Crippen LogP contribution is -2.51. The molecule has 1 heterocycles. The van der Waals surface area contributed by atoms with E-state index in [9.17, 15) is 8.42 Å². The third kappa shape index (κ3) is 2.65. The van der Waals surface area contributed by atoms with E-state index in [0.717, 1.165) is 32.1 Å². The molecule has 0 aromatic rings. The second-order valence-electron chi connectivity index (χ2n) is 5.16. The van der Waals surface area contributed by atoms with E-state index in [2.05, 4.69) is 0 Å². The molecule has 5 nitrogen and oxygen atoms in total. The highest BCUT2D eigenvalue weighted by molar-refractivity contribution is 7.86. The van der Waals surface area contributed by atoms with Crippen molar-refractivity contribution < 1.29 is 13.5 Å². The van der Waals surface area contributed by atoms with E-state index >= 15 is 0 Å². The number of aliphatic hydroxyl groups is 1. The van der Waals surface area contributed by atoms with Crippen LogP contribution >= 0.6 is 0 Å². The van der Waals surface area contributed by atoms with Gasteiger partial charge in [0.15, 0.2) is 0 Å². The van der Waals surface area contributed by atoms with Crippen LogP contribution in [0.2, 0.25) is 0 Å². The van der Waals surface area contributed by atoms with Crippen molar-refractivity contribution in [2.45, 2.75) is 38.1 Å². The molecular formula is C11H22N2O3S. The first-order valence-electron chi connectivity index (χ1n) is 6.39. The Morgan fingerprint density at radius 2 is 2.00 bits per heavy atom. The molecule has 1 atom stereocenters. The predicted molar refractivity (Wildman–Crippen MR) is 65.7 cm³/mol. The maximum Gasteiger partial charge on any atom is 0.281 e. The second kappa shape index (κ2) is 5.22. The summed E-state index contributed by atoms with van der Waals surface area (Å²) in [6.07, 6.45) is 4.86. The molecule has 1 saturated heterocycles. The number of nitrogens with zero attached hydrogens (tertiary/aromatic N) is 2. The van der Waals surface area contributed by atoms with Crippen molar-refractivity contribution in [3.05, 3.63) is 0 Å². The Morgan fingerprint density at radius 1 is 1.29 bits per heavy atom. The van der Waals surface area contributed by atoms with Crippen LogP contribution in [0.25, 0.3) is 0 Å². The van der Waals surface area contributed by atoms with Crippen LogP contribution in [0.1, 0.15) is 32.1 Å². The van der Waals surface area contributed by atoms with Crippen molar-refractivity contribution in [3.63, 3.8) is 0 Å². The number of rotatable bonds is 4. The van der Waals surface area contributed by atoms with Gasteiger partial charge in [0.05, 0.1) is 0 Å². The molecule has 6 heteroatoms. The Hall–Kier alpha value is -0.170. The maximum absolute atomic E-state index is 12.4. The van der Waals surface area contributed by atoms with Gasteiger partial charge in [-0.3, -0.25) is 0 Å². The fourth-order valence-corrected chi connectivity index (χ4v) is 4.22. The molecule has 1 unspecified atom stereocenters. The predicted octanol–water partition coefficient (Wildman–Crippen LogP) is 0.420. The highest BCUT2D eigenvalue weighted by Gasteiger charge is 2.36. The maximum atomic E-state index is 12.4. The van der Waals surface area contributed by atoms with E-state index in [-0.39, 0.29) is 18.6 Å². The molecule has 0 amide bonds. The molecule has 0 bridgehead atoms. The molecule has 0 spiro atoms. The number of piperidine rings is 1. The lowest BCUT2D eigenvalue weighted by atomic mass is 9.94. The van der Waals surface area contributed by atoms with Crippen LogP contribution in [0.4, 0.5) is 0 Å². The van der Waals surface area contributed by atoms with E-state index in [0.29, 0.717) is 13.1 Å². The molecule has 1 aliphatic carbocycles. The smallest absolute Gasteiger partial charge is 0.281 e. The Morgan fingerprint density at radius 3 is 2.53 bits per heavy atom. The topological polar surface area (TPSA) is 60.9 Å². The van der Waals surface area contributed by atoms with Gasteiger partial charge in [-0.1, -0.05) is 6.42 Å². The quantitative estimate of drug-likeness (QED) is 0.799. The summed E-state index contributed by atoms with van der Waals surface area (Å²) in [6.45, 7) is 1.14. The van der Waals surface area contributed by atoms with Gasteiger partial charge in [-0.2, -0.15) is 17.0 Å². The van der Waals surface area contributed by atoms with Crippen molar-refractivity contribution in [1.29, 1.82) is 0 Å². The van der Waals surface area contributed by atoms with Crippen LogP contribution in [0.5, 0.6) is 0 Å². The fourth-order valence-electron chi connectivity index (χ4n) is 2.51. The summed E-state index contributed by atoms with van der Waals surface area (Å²) in [5.74, 6) is 0.105. The van der Waals surface area contributed by atoms with E-state index < -0.39 is 10.2 Å². The molecule has 2 fully saturated rings. The Kier molecular flexibility index (Phi) is 4.07. The molecule has 17 heavy (non-hydrogen) atoms. The number of aliphatic hydroxyl groups excluding tert-OH is 1. The summed E-state index contributed by atoms with van der Waals surface area (Å²) >= 11 is 0. The largest absolute Gasteiger partial charge is 0.396 e. The third-order valence-electron chi connectivity index (χ3n) is 4.02. The molecular weight excluding hydrogens is 240 g/mol. The first kappa shape index (κ1) is 13.3. The van der Waals surface area contributed by atoms with Crippen LogP contribution in [-0.2, 0) is 10.2 Å². The molecule has 0 radical (unpaired) electrons. The molecule has 2 rings (SSSR count). The second-order valence-corrected chi connectivity index (χ2v) is 7.15. The zero-order chi connectivity index (χ0) is 12.5. The van der Waals surface area contributed by atoms with Crippen molar-refractivity contribution in [2.24, 2.45) is 5.92 Å². The van der Waals surface area contributed by atoms with Crippen LogP contribution in [0.15, 0.2) is 0 Å². The standard InChI is InChI=1S/C11H22N2O3S/c1-12(11-5-2-6-11)17(15,16)13-7-3-4-10(8-13)9-14/h10-11,14H,2-9H2,1H3. The first-order valence-corrected chi connectivity index (χ1v) is 7.79. The monoisotopic (exact) mass is 262 g/mol. The van der Waals surface area contributed by atoms with Crippen molar-refractivity contribution in [2.75, 3.05) is 26.7 Å². The van der Waals surface area contributed by atoms with Gasteiger partial charge in [0.25, 0.3) is 10.2 Å². The molecule has 1 aliphatic heterocycles. The normalized spacial score (nSPS) is 28.3. The Labute approximate surface area is 104 Å². The summed E-state index contributed by atoms with van der Waals surface area (Å²) in [4.78, 5) is 0. The molecule has 1 N–H and O–H groups in total. The average Bonchev–Trinajstić information content (AvgIpc) is 2.26. The van der Waals surface area contributed by atoms with Gasteiger partial charge in [0.1, 0.15) is 0 Å². The van der Waals surface area contributed by atoms with Gasteiger partial charge in [0, 0.05) is 32.8 Å². The van der Waals surface area contributed by atoms with Gasteiger partial charge in [-0.15, -0.1) is 0 Å². The summed E-state index contributed by atoms with van der Waals surface area (Å²) in [5.41, 5.74) is 0. The molecule has 0 aromatic carbocycles. The molecule has 1 saturated carbocycles. The van der Waals surface area contributed by atoms with E-state index in [1.165, 1.54) is 8.61 Å². The minimum atomic E-state index is -3.31. The summed E-state index contributed by atoms with van der Waals surface area (Å²) in [5, 5.41) is 9.14. The number of hydrogen-bond donors (Lipinski definition) is 1. The Bertz CT molecular complexity index is 354. The van der Waals surface area contributed by atoms with Gasteiger partial charge in [0.2, 0.25) is 0 Å². The van der Waals surface area contributed by atoms with Crippen LogP contribution in [0, 0.1) is 5.92 Å². The number of hydrogen-bond acceptors (Lipinski definition) is 3. The van der Waals surface area contributed by atoms with Crippen molar-refractivity contribution in [3.8, 4) is 0 Å². The minimum Gasteiger partial charge on any atom is -0.396 e. The highest BCUT2D eigenvalue weighted by atomic mass is 32.2. The minimum absolute atomic E-state index is 0.0825. The highest BCUT2D eigenvalue weighted by Crippen LogP contribution is 2.28. The average molecular weight is 262 g/mol. The van der Waals surface area contributed by atoms with Crippen molar-refractivity contribution >= 4 is 10.2 Å². The molecule has 100 valence electrons. The van der Waals surface area contributed by atoms with Gasteiger partial charge < -0.3 is 5.11 Å². The first-order chi connectivity index (χ1) is 8.05. The molecule has 0 aromatic heterocycles. The summed E-state index contributed by atoms with van der Waals surface area (Å²) < 4.78 is 27.8. The summed E-state index contributed by atoms with van der Waals surface area (Å²) in [6, 6.07) is 0.189. The fraction of sp³-hybridized carbons (Fsp3) is 1.00. The van der Waals surface area contributed by atoms with Crippen LogP contribution in [-0.4, -0.2) is 54.9 Å². The van der Waals surface area contributed by atoms with E-state index in [1.54, 1.807) is 7.05 Å². The third-order valence-corrected chi connectivity index (χ3v) is 6.03. The van der Waals surface area contributed by atoms with E-state index in [1.807, 2.05) is 0 Å². The van der Waals surface area contributed by atoms with Gasteiger partial charge in [-0.25, -0.2) is 0 Å². The van der Waals surface area contributed by atoms with Gasteiger partial charge >= 0.3 is 0 Å². The lowest BCUT2D eigenvalue weighted by Gasteiger charge is -2.39. The van der Waals surface area contributed by atoms with Crippen molar-refractivity contribution in [1.82, 2.24) is 8.61 Å². The summed E-state index contributed by atoms with van der Waals surface area (Å²) in [7, 11) is -1.63. The van der Waals surface area contributed by atoms with E-state index in [4.69, 9.17) is 5.11 Å². The zero-order valence-electron chi connectivity index (χ0n) is 10.4. The van der Waals surface area contributed by atoms with Gasteiger partial charge in [-0.05, 0) is 31.6 Å². The SMILES string of the molecule is CN(C1CCC1)S(=O)(=O)N1CCCC(CO)C1. The zero-order valence-corrected chi connectivity index (χ0v) is 11.2. The Balaban J connectivity index is 2.03. The lowest BCUT2D eigenvalue weighted by molar-refractivity contribution is 0.155.